The fourth-order valence-corrected chi connectivity index (χ4v) is 1.20. The molecule has 60 valence electrons. The molecule has 2 heteroatoms. The summed E-state index contributed by atoms with van der Waals surface area (Å²) in [5, 5.41) is 1.63. The highest BCUT2D eigenvalue weighted by Crippen LogP contribution is 2.17. The van der Waals surface area contributed by atoms with E-state index < -0.39 is 0 Å². The Morgan fingerprint density at radius 2 is 1.91 bits per heavy atom. The fourth-order valence-electron chi connectivity index (χ4n) is 1.20. The molecule has 0 aliphatic heterocycles. The first-order valence-corrected chi connectivity index (χ1v) is 3.67. The van der Waals surface area contributed by atoms with Crippen LogP contribution in [0.15, 0.2) is 18.2 Å². The number of rotatable bonds is 1. The Bertz CT molecular complexity index is 254. The van der Waals surface area contributed by atoms with Crippen LogP contribution in [0.3, 0.4) is 0 Å². The summed E-state index contributed by atoms with van der Waals surface area (Å²) in [6.07, 6.45) is 0. The van der Waals surface area contributed by atoms with Crippen LogP contribution in [0.2, 0.25) is 0 Å². The molecule has 0 bridgehead atoms. The van der Waals surface area contributed by atoms with Gasteiger partial charge in [0.05, 0.1) is 5.69 Å². The van der Waals surface area contributed by atoms with Gasteiger partial charge in [0.1, 0.15) is 0 Å². The molecule has 0 aromatic heterocycles. The number of benzene rings is 1. The Labute approximate surface area is 67.6 Å². The maximum absolute atomic E-state index is 5.60. The summed E-state index contributed by atoms with van der Waals surface area (Å²) in [5.74, 6) is 5.60. The number of hydrazine groups is 1. The second-order valence-corrected chi connectivity index (χ2v) is 2.90. The SMILES string of the molecule is Cc1ccc(N(C)N)c(C)c1. The van der Waals surface area contributed by atoms with Crippen LogP contribution in [0.5, 0.6) is 0 Å². The van der Waals surface area contributed by atoms with E-state index in [9.17, 15) is 0 Å². The van der Waals surface area contributed by atoms with E-state index in [2.05, 4.69) is 26.0 Å². The number of aryl methyl sites for hydroxylation is 2. The Hall–Kier alpha value is -1.02. The monoisotopic (exact) mass is 150 g/mol. The zero-order valence-corrected chi connectivity index (χ0v) is 7.26. The van der Waals surface area contributed by atoms with Gasteiger partial charge in [0.25, 0.3) is 0 Å². The van der Waals surface area contributed by atoms with E-state index in [1.54, 1.807) is 5.01 Å². The standard InChI is InChI=1S/C9H14N2/c1-7-4-5-9(11(3)10)8(2)6-7/h4-6H,10H2,1-3H3. The zero-order chi connectivity index (χ0) is 8.43. The molecular formula is C9H14N2. The molecule has 11 heavy (non-hydrogen) atoms. The van der Waals surface area contributed by atoms with Crippen molar-refractivity contribution in [2.24, 2.45) is 5.84 Å². The predicted octanol–water partition coefficient (Wildman–Crippen LogP) is 1.61. The zero-order valence-electron chi connectivity index (χ0n) is 7.26. The van der Waals surface area contributed by atoms with Crippen molar-refractivity contribution in [2.75, 3.05) is 12.1 Å². The number of nitrogens with zero attached hydrogens (tertiary/aromatic N) is 1. The van der Waals surface area contributed by atoms with E-state index in [0.29, 0.717) is 0 Å². The lowest BCUT2D eigenvalue weighted by Gasteiger charge is -2.14. The van der Waals surface area contributed by atoms with E-state index in [4.69, 9.17) is 5.84 Å². The smallest absolute Gasteiger partial charge is 0.0543 e. The van der Waals surface area contributed by atoms with Crippen molar-refractivity contribution in [3.05, 3.63) is 29.3 Å². The number of nitrogens with two attached hydrogens (primary N) is 1. The summed E-state index contributed by atoms with van der Waals surface area (Å²) >= 11 is 0. The molecule has 0 saturated heterocycles. The van der Waals surface area contributed by atoms with Gasteiger partial charge in [-0.3, -0.25) is 0 Å². The van der Waals surface area contributed by atoms with Gasteiger partial charge in [0.2, 0.25) is 0 Å². The van der Waals surface area contributed by atoms with Crippen LogP contribution in [0.1, 0.15) is 11.1 Å². The van der Waals surface area contributed by atoms with Gasteiger partial charge >= 0.3 is 0 Å². The summed E-state index contributed by atoms with van der Waals surface area (Å²) in [4.78, 5) is 0. The van der Waals surface area contributed by atoms with Crippen molar-refractivity contribution >= 4 is 5.69 Å². The van der Waals surface area contributed by atoms with Crippen molar-refractivity contribution in [1.82, 2.24) is 0 Å². The molecular weight excluding hydrogens is 136 g/mol. The molecule has 1 rings (SSSR count). The quantitative estimate of drug-likeness (QED) is 0.487. The molecule has 0 aliphatic carbocycles. The lowest BCUT2D eigenvalue weighted by atomic mass is 10.1. The summed E-state index contributed by atoms with van der Waals surface area (Å²) in [6.45, 7) is 4.14. The molecule has 0 spiro atoms. The van der Waals surface area contributed by atoms with Gasteiger partial charge in [0, 0.05) is 7.05 Å². The minimum atomic E-state index is 1.08. The first-order chi connectivity index (χ1) is 5.11. The average Bonchev–Trinajstić information content (AvgIpc) is 1.85. The summed E-state index contributed by atoms with van der Waals surface area (Å²) in [6, 6.07) is 6.22. The minimum absolute atomic E-state index is 1.08. The highest BCUT2D eigenvalue weighted by molar-refractivity contribution is 5.52. The van der Waals surface area contributed by atoms with Crippen LogP contribution < -0.4 is 10.9 Å². The third kappa shape index (κ3) is 1.71. The number of hydrogen-bond donors (Lipinski definition) is 1. The van der Waals surface area contributed by atoms with Gasteiger partial charge in [-0.25, -0.2) is 5.84 Å². The molecule has 0 fully saturated rings. The number of hydrogen-bond acceptors (Lipinski definition) is 2. The van der Waals surface area contributed by atoms with Gasteiger partial charge in [0.15, 0.2) is 0 Å². The Morgan fingerprint density at radius 3 is 2.36 bits per heavy atom. The highest BCUT2D eigenvalue weighted by atomic mass is 15.4. The third-order valence-corrected chi connectivity index (χ3v) is 1.73. The summed E-state index contributed by atoms with van der Waals surface area (Å²) < 4.78 is 0. The topological polar surface area (TPSA) is 29.3 Å². The van der Waals surface area contributed by atoms with Gasteiger partial charge in [-0.1, -0.05) is 17.7 Å². The molecule has 0 atom stereocenters. The highest BCUT2D eigenvalue weighted by Gasteiger charge is 1.98. The van der Waals surface area contributed by atoms with Crippen LogP contribution in [-0.2, 0) is 0 Å². The molecule has 0 aliphatic rings. The van der Waals surface area contributed by atoms with Crippen molar-refractivity contribution in [1.29, 1.82) is 0 Å². The molecule has 0 amide bonds. The second kappa shape index (κ2) is 2.93. The van der Waals surface area contributed by atoms with Crippen LogP contribution in [0, 0.1) is 13.8 Å². The van der Waals surface area contributed by atoms with E-state index in [1.807, 2.05) is 13.1 Å². The molecule has 0 heterocycles. The molecule has 0 radical (unpaired) electrons. The summed E-state index contributed by atoms with van der Waals surface area (Å²) in [7, 11) is 1.84. The minimum Gasteiger partial charge on any atom is -0.314 e. The Morgan fingerprint density at radius 1 is 1.27 bits per heavy atom. The van der Waals surface area contributed by atoms with Gasteiger partial charge in [-0.05, 0) is 25.5 Å². The average molecular weight is 150 g/mol. The van der Waals surface area contributed by atoms with Crippen molar-refractivity contribution in [3.63, 3.8) is 0 Å². The molecule has 0 saturated carbocycles. The first-order valence-electron chi connectivity index (χ1n) is 3.67. The molecule has 2 nitrogen and oxygen atoms in total. The van der Waals surface area contributed by atoms with Gasteiger partial charge in [-0.15, -0.1) is 0 Å². The van der Waals surface area contributed by atoms with Crippen LogP contribution in [0.4, 0.5) is 5.69 Å². The second-order valence-electron chi connectivity index (χ2n) is 2.90. The summed E-state index contributed by atoms with van der Waals surface area (Å²) in [5.41, 5.74) is 3.57. The number of anilines is 1. The molecule has 1 aromatic rings. The van der Waals surface area contributed by atoms with Crippen molar-refractivity contribution < 1.29 is 0 Å². The largest absolute Gasteiger partial charge is 0.314 e. The lowest BCUT2D eigenvalue weighted by molar-refractivity contribution is 1.01. The normalized spacial score (nSPS) is 9.82. The van der Waals surface area contributed by atoms with Gasteiger partial charge in [-0.2, -0.15) is 0 Å². The van der Waals surface area contributed by atoms with E-state index in [0.717, 1.165) is 5.69 Å². The molecule has 1 aromatic carbocycles. The predicted molar refractivity (Wildman–Crippen MR) is 48.5 cm³/mol. The maximum atomic E-state index is 5.60. The van der Waals surface area contributed by atoms with E-state index in [1.165, 1.54) is 11.1 Å². The van der Waals surface area contributed by atoms with Crippen LogP contribution >= 0.6 is 0 Å². The van der Waals surface area contributed by atoms with Crippen molar-refractivity contribution in [3.8, 4) is 0 Å². The van der Waals surface area contributed by atoms with E-state index in [-0.39, 0.29) is 0 Å². The first kappa shape index (κ1) is 8.08. The fraction of sp³-hybridized carbons (Fsp3) is 0.333. The van der Waals surface area contributed by atoms with Crippen molar-refractivity contribution in [2.45, 2.75) is 13.8 Å². The van der Waals surface area contributed by atoms with Gasteiger partial charge < -0.3 is 5.01 Å². The Kier molecular flexibility index (Phi) is 2.15. The van der Waals surface area contributed by atoms with Crippen LogP contribution in [-0.4, -0.2) is 7.05 Å². The maximum Gasteiger partial charge on any atom is 0.0543 e. The lowest BCUT2D eigenvalue weighted by Crippen LogP contribution is -2.25. The molecule has 0 unspecified atom stereocenters. The third-order valence-electron chi connectivity index (χ3n) is 1.73. The van der Waals surface area contributed by atoms with Crippen LogP contribution in [0.25, 0.3) is 0 Å². The Balaban J connectivity index is 3.09. The molecule has 2 N–H and O–H groups in total. The van der Waals surface area contributed by atoms with E-state index >= 15 is 0 Å².